The smallest absolute Gasteiger partial charge is 0.0197 e. The Morgan fingerprint density at radius 1 is 1.50 bits per heavy atom. The number of hydrogen-bond donors (Lipinski definition) is 1. The normalized spacial score (nSPS) is 31.0. The van der Waals surface area contributed by atoms with Crippen molar-refractivity contribution in [2.75, 3.05) is 26.7 Å². The third-order valence-electron chi connectivity index (χ3n) is 2.83. The highest BCUT2D eigenvalue weighted by atomic mass is 15.1. The quantitative estimate of drug-likeness (QED) is 0.687. The molecule has 0 aliphatic carbocycles. The Balaban J connectivity index is 2.22. The van der Waals surface area contributed by atoms with Gasteiger partial charge in [-0.15, -0.1) is 0 Å². The van der Waals surface area contributed by atoms with E-state index in [1.807, 2.05) is 0 Å². The average Bonchev–Trinajstić information content (AvgIpc) is 2.04. The molecular formula is C10H22N2. The predicted molar refractivity (Wildman–Crippen MR) is 53.4 cm³/mol. The summed E-state index contributed by atoms with van der Waals surface area (Å²) in [6, 6.07) is 0.735. The fraction of sp³-hybridized carbons (Fsp3) is 1.00. The summed E-state index contributed by atoms with van der Waals surface area (Å²) in [5, 5.41) is 3.57. The van der Waals surface area contributed by atoms with Crippen LogP contribution in [-0.4, -0.2) is 37.6 Å². The first kappa shape index (κ1) is 10.0. The highest BCUT2D eigenvalue weighted by Crippen LogP contribution is 2.15. The lowest BCUT2D eigenvalue weighted by molar-refractivity contribution is 0.241. The molecule has 1 heterocycles. The second kappa shape index (κ2) is 4.83. The summed E-state index contributed by atoms with van der Waals surface area (Å²) < 4.78 is 0. The van der Waals surface area contributed by atoms with Gasteiger partial charge in [0.25, 0.3) is 0 Å². The minimum Gasteiger partial charge on any atom is -0.313 e. The van der Waals surface area contributed by atoms with Crippen LogP contribution in [0, 0.1) is 5.92 Å². The Labute approximate surface area is 76.3 Å². The zero-order chi connectivity index (χ0) is 8.97. The molecule has 1 N–H and O–H groups in total. The zero-order valence-corrected chi connectivity index (χ0v) is 8.64. The van der Waals surface area contributed by atoms with Crippen molar-refractivity contribution in [1.82, 2.24) is 10.2 Å². The molecule has 1 fully saturated rings. The molecule has 12 heavy (non-hydrogen) atoms. The Morgan fingerprint density at radius 3 is 2.83 bits per heavy atom. The van der Waals surface area contributed by atoms with Crippen LogP contribution in [0.3, 0.4) is 0 Å². The molecule has 2 unspecified atom stereocenters. The second-order valence-corrected chi connectivity index (χ2v) is 4.14. The van der Waals surface area contributed by atoms with Gasteiger partial charge in [0.05, 0.1) is 0 Å². The van der Waals surface area contributed by atoms with Crippen LogP contribution in [0.15, 0.2) is 0 Å². The van der Waals surface area contributed by atoms with Crippen LogP contribution in [0.1, 0.15) is 26.7 Å². The molecule has 1 saturated heterocycles. The highest BCUT2D eigenvalue weighted by Gasteiger charge is 2.18. The third kappa shape index (κ3) is 3.11. The van der Waals surface area contributed by atoms with Crippen molar-refractivity contribution in [3.05, 3.63) is 0 Å². The van der Waals surface area contributed by atoms with Crippen molar-refractivity contribution in [3.63, 3.8) is 0 Å². The Hall–Kier alpha value is -0.0800. The van der Waals surface area contributed by atoms with Crippen molar-refractivity contribution in [2.24, 2.45) is 5.92 Å². The standard InChI is InChI=1S/C10H22N2/c1-4-12(3)8-10-7-9(2)5-6-11-10/h9-11H,4-8H2,1-3H3. The number of hydrogen-bond acceptors (Lipinski definition) is 2. The minimum absolute atomic E-state index is 0.735. The lowest BCUT2D eigenvalue weighted by Crippen LogP contribution is -2.44. The van der Waals surface area contributed by atoms with Crippen molar-refractivity contribution in [3.8, 4) is 0 Å². The molecule has 0 saturated carbocycles. The van der Waals surface area contributed by atoms with Crippen molar-refractivity contribution >= 4 is 0 Å². The molecule has 2 heteroatoms. The number of rotatable bonds is 3. The van der Waals surface area contributed by atoms with Crippen molar-refractivity contribution < 1.29 is 0 Å². The van der Waals surface area contributed by atoms with E-state index < -0.39 is 0 Å². The van der Waals surface area contributed by atoms with Gasteiger partial charge in [0.1, 0.15) is 0 Å². The average molecular weight is 170 g/mol. The summed E-state index contributed by atoms with van der Waals surface area (Å²) in [5.74, 6) is 0.918. The van der Waals surface area contributed by atoms with E-state index in [1.165, 1.54) is 25.9 Å². The Bertz CT molecular complexity index is 125. The van der Waals surface area contributed by atoms with Gasteiger partial charge in [-0.1, -0.05) is 13.8 Å². The molecule has 0 bridgehead atoms. The molecule has 0 aromatic rings. The summed E-state index contributed by atoms with van der Waals surface area (Å²) >= 11 is 0. The molecule has 0 radical (unpaired) electrons. The zero-order valence-electron chi connectivity index (χ0n) is 8.64. The van der Waals surface area contributed by atoms with E-state index in [9.17, 15) is 0 Å². The molecule has 72 valence electrons. The van der Waals surface area contributed by atoms with Crippen LogP contribution in [-0.2, 0) is 0 Å². The van der Waals surface area contributed by atoms with Gasteiger partial charge in [0.2, 0.25) is 0 Å². The number of nitrogens with zero attached hydrogens (tertiary/aromatic N) is 1. The number of piperidine rings is 1. The molecule has 0 aromatic carbocycles. The van der Waals surface area contributed by atoms with Crippen LogP contribution in [0.5, 0.6) is 0 Å². The number of nitrogens with one attached hydrogen (secondary N) is 1. The summed E-state index contributed by atoms with van der Waals surface area (Å²) in [6.45, 7) is 8.16. The molecule has 1 aliphatic heterocycles. The van der Waals surface area contributed by atoms with E-state index in [0.29, 0.717) is 0 Å². The lowest BCUT2D eigenvalue weighted by Gasteiger charge is -2.31. The van der Waals surface area contributed by atoms with Gasteiger partial charge >= 0.3 is 0 Å². The Kier molecular flexibility index (Phi) is 4.02. The van der Waals surface area contributed by atoms with Crippen molar-refractivity contribution in [1.29, 1.82) is 0 Å². The van der Waals surface area contributed by atoms with E-state index in [2.05, 4.69) is 31.1 Å². The predicted octanol–water partition coefficient (Wildman–Crippen LogP) is 1.33. The molecule has 0 amide bonds. The maximum atomic E-state index is 3.57. The summed E-state index contributed by atoms with van der Waals surface area (Å²) in [7, 11) is 2.20. The Morgan fingerprint density at radius 2 is 2.25 bits per heavy atom. The first-order valence-corrected chi connectivity index (χ1v) is 5.14. The van der Waals surface area contributed by atoms with Gasteiger partial charge in [-0.25, -0.2) is 0 Å². The summed E-state index contributed by atoms with van der Waals surface area (Å²) in [5.41, 5.74) is 0. The van der Waals surface area contributed by atoms with E-state index in [0.717, 1.165) is 18.5 Å². The van der Waals surface area contributed by atoms with Gasteiger partial charge in [0, 0.05) is 12.6 Å². The maximum absolute atomic E-state index is 3.57. The summed E-state index contributed by atoms with van der Waals surface area (Å²) in [6.07, 6.45) is 2.71. The molecular weight excluding hydrogens is 148 g/mol. The molecule has 0 aromatic heterocycles. The maximum Gasteiger partial charge on any atom is 0.0197 e. The van der Waals surface area contributed by atoms with Gasteiger partial charge in [-0.2, -0.15) is 0 Å². The van der Waals surface area contributed by atoms with E-state index >= 15 is 0 Å². The molecule has 0 spiro atoms. The van der Waals surface area contributed by atoms with Crippen LogP contribution < -0.4 is 5.32 Å². The van der Waals surface area contributed by atoms with E-state index in [-0.39, 0.29) is 0 Å². The van der Waals surface area contributed by atoms with Crippen LogP contribution in [0.25, 0.3) is 0 Å². The molecule has 2 nitrogen and oxygen atoms in total. The topological polar surface area (TPSA) is 15.3 Å². The monoisotopic (exact) mass is 170 g/mol. The highest BCUT2D eigenvalue weighted by molar-refractivity contribution is 4.78. The molecule has 1 aliphatic rings. The SMILES string of the molecule is CCN(C)CC1CC(C)CCN1. The van der Waals surface area contributed by atoms with Crippen LogP contribution in [0.2, 0.25) is 0 Å². The molecule has 1 rings (SSSR count). The van der Waals surface area contributed by atoms with E-state index in [4.69, 9.17) is 0 Å². The first-order chi connectivity index (χ1) is 5.72. The van der Waals surface area contributed by atoms with E-state index in [1.54, 1.807) is 0 Å². The molecule has 2 atom stereocenters. The lowest BCUT2D eigenvalue weighted by atomic mass is 9.94. The largest absolute Gasteiger partial charge is 0.313 e. The minimum atomic E-state index is 0.735. The fourth-order valence-electron chi connectivity index (χ4n) is 1.87. The van der Waals surface area contributed by atoms with Gasteiger partial charge in [-0.05, 0) is 38.9 Å². The first-order valence-electron chi connectivity index (χ1n) is 5.14. The second-order valence-electron chi connectivity index (χ2n) is 4.14. The van der Waals surface area contributed by atoms with Crippen molar-refractivity contribution in [2.45, 2.75) is 32.7 Å². The number of likely N-dealkylation sites (N-methyl/N-ethyl adjacent to an activating group) is 1. The third-order valence-corrected chi connectivity index (χ3v) is 2.83. The summed E-state index contributed by atoms with van der Waals surface area (Å²) in [4.78, 5) is 2.38. The van der Waals surface area contributed by atoms with Crippen LogP contribution >= 0.6 is 0 Å². The van der Waals surface area contributed by atoms with Gasteiger partial charge in [0.15, 0.2) is 0 Å². The van der Waals surface area contributed by atoms with Crippen LogP contribution in [0.4, 0.5) is 0 Å². The fourth-order valence-corrected chi connectivity index (χ4v) is 1.87. The van der Waals surface area contributed by atoms with Gasteiger partial charge in [-0.3, -0.25) is 0 Å². The van der Waals surface area contributed by atoms with Gasteiger partial charge < -0.3 is 10.2 Å².